The Kier molecular flexibility index (Phi) is 5.06. The Morgan fingerprint density at radius 1 is 0.714 bits per heavy atom. The first-order chi connectivity index (χ1) is 17.3. The maximum absolute atomic E-state index is 5.06. The predicted molar refractivity (Wildman–Crippen MR) is 143 cm³/mol. The molecule has 7 rings (SSSR count). The van der Waals surface area contributed by atoms with Gasteiger partial charge in [-0.25, -0.2) is 0 Å². The Morgan fingerprint density at radius 2 is 1.46 bits per heavy atom. The van der Waals surface area contributed by atoms with Crippen LogP contribution in [0, 0.1) is 0 Å². The van der Waals surface area contributed by atoms with Gasteiger partial charge in [0.25, 0.3) is 0 Å². The molecule has 1 N–H and O–H groups in total. The largest absolute Gasteiger partial charge is 0.359 e. The van der Waals surface area contributed by atoms with E-state index >= 15 is 0 Å². The van der Waals surface area contributed by atoms with Crippen LogP contribution in [0.3, 0.4) is 0 Å². The maximum atomic E-state index is 5.06. The molecule has 2 heterocycles. The molecule has 0 amide bonds. The number of fused-ring (bicyclic) bond motifs is 5. The van der Waals surface area contributed by atoms with E-state index in [0.717, 1.165) is 5.36 Å². The molecule has 1 saturated carbocycles. The van der Waals surface area contributed by atoms with Crippen molar-refractivity contribution in [2.45, 2.75) is 53.5 Å². The highest BCUT2D eigenvalue weighted by molar-refractivity contribution is 7.99. The Labute approximate surface area is 210 Å². The summed E-state index contributed by atoms with van der Waals surface area (Å²) in [6, 6.07) is 35.4. The van der Waals surface area contributed by atoms with Gasteiger partial charge in [0.15, 0.2) is 0 Å². The van der Waals surface area contributed by atoms with Crippen molar-refractivity contribution in [2.75, 3.05) is 0 Å². The van der Waals surface area contributed by atoms with Gasteiger partial charge in [0.1, 0.15) is 6.17 Å². The van der Waals surface area contributed by atoms with Crippen molar-refractivity contribution in [3.8, 4) is 0 Å². The number of nitrogens with zero attached hydrogens (tertiary/aromatic N) is 1. The normalized spacial score (nSPS) is 19.7. The fourth-order valence-corrected chi connectivity index (χ4v) is 7.53. The zero-order chi connectivity index (χ0) is 23.2. The van der Waals surface area contributed by atoms with E-state index in [4.69, 9.17) is 4.99 Å². The Bertz CT molecular complexity index is 1530. The molecule has 1 atom stereocenters. The van der Waals surface area contributed by atoms with E-state index in [1.165, 1.54) is 75.1 Å². The standard InChI is InChI=1S/C32H28N2S/c1-3-11-22(12-4-1)31-33-27-15-7-5-13-24(27)30(34-31)23-17-18-29-26(21-23)32(19-9-2-10-20-32)25-14-6-8-16-28(25)35-29/h1,3-8,11-18,21,31,34H,2,9-10,19-20H2. The smallest absolute Gasteiger partial charge is 0.145 e. The molecular weight excluding hydrogens is 444 g/mol. The SMILES string of the molecule is c1ccc(C2N=c3ccccc3=C(c3ccc4c(c3)C3(CCCCC3)c3ccccc3S4)N2)cc1. The van der Waals surface area contributed by atoms with Gasteiger partial charge in [0.05, 0.1) is 11.1 Å². The summed E-state index contributed by atoms with van der Waals surface area (Å²) < 4.78 is 0. The third-order valence-corrected chi connectivity index (χ3v) is 9.10. The fourth-order valence-electron chi connectivity index (χ4n) is 6.27. The van der Waals surface area contributed by atoms with E-state index in [-0.39, 0.29) is 11.6 Å². The monoisotopic (exact) mass is 472 g/mol. The van der Waals surface area contributed by atoms with Crippen LogP contribution in [-0.2, 0) is 5.41 Å². The van der Waals surface area contributed by atoms with E-state index < -0.39 is 0 Å². The molecule has 1 unspecified atom stereocenters. The number of benzene rings is 4. The van der Waals surface area contributed by atoms with E-state index in [2.05, 4.69) is 102 Å². The van der Waals surface area contributed by atoms with Gasteiger partial charge in [0.2, 0.25) is 0 Å². The van der Waals surface area contributed by atoms with Crippen molar-refractivity contribution < 1.29 is 0 Å². The van der Waals surface area contributed by atoms with Crippen molar-refractivity contribution in [3.63, 3.8) is 0 Å². The van der Waals surface area contributed by atoms with Crippen LogP contribution in [0.5, 0.6) is 0 Å². The maximum Gasteiger partial charge on any atom is 0.145 e. The van der Waals surface area contributed by atoms with Gasteiger partial charge in [-0.3, -0.25) is 4.99 Å². The minimum Gasteiger partial charge on any atom is -0.359 e. The number of hydrogen-bond donors (Lipinski definition) is 1. The summed E-state index contributed by atoms with van der Waals surface area (Å²) in [6.45, 7) is 0. The van der Waals surface area contributed by atoms with E-state index in [1.54, 1.807) is 0 Å². The molecule has 2 aliphatic heterocycles. The zero-order valence-electron chi connectivity index (χ0n) is 19.7. The summed E-state index contributed by atoms with van der Waals surface area (Å²) in [6.07, 6.45) is 6.34. The average Bonchev–Trinajstić information content (AvgIpc) is 2.94. The molecule has 0 saturated heterocycles. The van der Waals surface area contributed by atoms with Gasteiger partial charge in [-0.1, -0.05) is 104 Å². The number of rotatable bonds is 2. The Morgan fingerprint density at radius 3 is 2.34 bits per heavy atom. The van der Waals surface area contributed by atoms with E-state index in [9.17, 15) is 0 Å². The van der Waals surface area contributed by atoms with Crippen molar-refractivity contribution >= 4 is 17.5 Å². The van der Waals surface area contributed by atoms with Gasteiger partial charge in [-0.2, -0.15) is 0 Å². The highest BCUT2D eigenvalue weighted by Crippen LogP contribution is 2.55. The first-order valence-electron chi connectivity index (χ1n) is 12.7. The van der Waals surface area contributed by atoms with Gasteiger partial charge in [0, 0.05) is 20.4 Å². The highest BCUT2D eigenvalue weighted by atomic mass is 32.2. The zero-order valence-corrected chi connectivity index (χ0v) is 20.5. The van der Waals surface area contributed by atoms with Crippen LogP contribution in [0.15, 0.2) is 112 Å². The lowest BCUT2D eigenvalue weighted by molar-refractivity contribution is 0.335. The summed E-state index contributed by atoms with van der Waals surface area (Å²) >= 11 is 1.94. The number of nitrogens with one attached hydrogen (secondary N) is 1. The second-order valence-corrected chi connectivity index (χ2v) is 11.0. The van der Waals surface area contributed by atoms with Gasteiger partial charge in [-0.05, 0) is 59.4 Å². The first kappa shape index (κ1) is 21.0. The summed E-state index contributed by atoms with van der Waals surface area (Å²) in [5, 5.41) is 6.04. The first-order valence-corrected chi connectivity index (χ1v) is 13.5. The average molecular weight is 473 g/mol. The molecule has 172 valence electrons. The van der Waals surface area contributed by atoms with Crippen LogP contribution in [0.2, 0.25) is 0 Å². The lowest BCUT2D eigenvalue weighted by atomic mass is 9.65. The van der Waals surface area contributed by atoms with Crippen LogP contribution in [0.4, 0.5) is 0 Å². The van der Waals surface area contributed by atoms with Crippen molar-refractivity contribution in [2.24, 2.45) is 4.99 Å². The molecule has 0 radical (unpaired) electrons. The van der Waals surface area contributed by atoms with Gasteiger partial charge >= 0.3 is 0 Å². The molecule has 0 aromatic heterocycles. The van der Waals surface area contributed by atoms with Crippen LogP contribution in [-0.4, -0.2) is 0 Å². The molecule has 1 fully saturated rings. The molecular formula is C32H28N2S. The van der Waals surface area contributed by atoms with E-state index in [0.29, 0.717) is 0 Å². The topological polar surface area (TPSA) is 24.4 Å². The lowest BCUT2D eigenvalue weighted by Gasteiger charge is -2.43. The summed E-state index contributed by atoms with van der Waals surface area (Å²) in [7, 11) is 0. The molecule has 35 heavy (non-hydrogen) atoms. The Balaban J connectivity index is 1.41. The minimum absolute atomic E-state index is 0.0872. The van der Waals surface area contributed by atoms with Crippen molar-refractivity contribution in [3.05, 3.63) is 130 Å². The van der Waals surface area contributed by atoms with Gasteiger partial charge < -0.3 is 5.32 Å². The summed E-state index contributed by atoms with van der Waals surface area (Å²) in [5.74, 6) is 0. The van der Waals surface area contributed by atoms with E-state index in [1.807, 2.05) is 11.8 Å². The van der Waals surface area contributed by atoms with Crippen LogP contribution in [0.1, 0.15) is 60.5 Å². The van der Waals surface area contributed by atoms with Gasteiger partial charge in [-0.15, -0.1) is 0 Å². The molecule has 4 aromatic carbocycles. The number of para-hydroxylation sites is 1. The molecule has 3 aliphatic rings. The fraction of sp³-hybridized carbons (Fsp3) is 0.219. The van der Waals surface area contributed by atoms with Crippen molar-refractivity contribution in [1.82, 2.24) is 5.32 Å². The highest BCUT2D eigenvalue weighted by Gasteiger charge is 2.42. The van der Waals surface area contributed by atoms with Crippen LogP contribution in [0.25, 0.3) is 5.70 Å². The molecule has 0 bridgehead atoms. The molecule has 2 nitrogen and oxygen atoms in total. The van der Waals surface area contributed by atoms with Crippen molar-refractivity contribution in [1.29, 1.82) is 0 Å². The third kappa shape index (κ3) is 3.44. The second-order valence-electron chi connectivity index (χ2n) is 9.93. The molecule has 3 heteroatoms. The Hall–Kier alpha value is -3.30. The quantitative estimate of drug-likeness (QED) is 0.361. The van der Waals surface area contributed by atoms with Crippen LogP contribution >= 0.6 is 11.8 Å². The molecule has 1 aliphatic carbocycles. The molecule has 1 spiro atoms. The third-order valence-electron chi connectivity index (χ3n) is 7.95. The number of hydrogen-bond acceptors (Lipinski definition) is 3. The second kappa shape index (κ2) is 8.42. The van der Waals surface area contributed by atoms with Crippen LogP contribution < -0.4 is 15.9 Å². The predicted octanol–water partition coefficient (Wildman–Crippen LogP) is 6.48. The minimum atomic E-state index is -0.0872. The summed E-state index contributed by atoms with van der Waals surface area (Å²) in [5.41, 5.74) is 6.81. The summed E-state index contributed by atoms with van der Waals surface area (Å²) in [4.78, 5) is 7.91. The lowest BCUT2D eigenvalue weighted by Crippen LogP contribution is -2.40. The molecule has 4 aromatic rings.